The molecule has 29 heavy (non-hydrogen) atoms. The Hall–Kier alpha value is -3.25. The van der Waals surface area contributed by atoms with E-state index in [0.717, 1.165) is 33.4 Å². The predicted octanol–water partition coefficient (Wildman–Crippen LogP) is 4.37. The number of halogens is 1. The second-order valence-electron chi connectivity index (χ2n) is 7.26. The van der Waals surface area contributed by atoms with Crippen LogP contribution >= 0.6 is 0 Å². The number of aromatic nitrogens is 3. The second-order valence-corrected chi connectivity index (χ2v) is 7.26. The average Bonchev–Trinajstić information content (AvgIpc) is 3.36. The SMILES string of the molecule is F[C@@H]1CN[C@H](COc2cnccc2-c2[nH]c3cccnc3c2-c2ccccc2)C1. The lowest BCUT2D eigenvalue weighted by atomic mass is 10.0. The summed E-state index contributed by atoms with van der Waals surface area (Å²) in [5, 5.41) is 3.16. The minimum Gasteiger partial charge on any atom is -0.490 e. The fourth-order valence-corrected chi connectivity index (χ4v) is 3.90. The number of pyridine rings is 2. The summed E-state index contributed by atoms with van der Waals surface area (Å²) < 4.78 is 19.5. The molecule has 1 aromatic carbocycles. The lowest BCUT2D eigenvalue weighted by Gasteiger charge is -2.15. The molecule has 6 heteroatoms. The van der Waals surface area contributed by atoms with Crippen molar-refractivity contribution in [2.45, 2.75) is 18.6 Å². The highest BCUT2D eigenvalue weighted by Gasteiger charge is 2.25. The van der Waals surface area contributed by atoms with Gasteiger partial charge < -0.3 is 15.0 Å². The molecule has 5 nitrogen and oxygen atoms in total. The summed E-state index contributed by atoms with van der Waals surface area (Å²) in [7, 11) is 0. The average molecular weight is 388 g/mol. The molecule has 1 fully saturated rings. The van der Waals surface area contributed by atoms with Gasteiger partial charge in [0.15, 0.2) is 0 Å². The molecule has 0 spiro atoms. The van der Waals surface area contributed by atoms with E-state index < -0.39 is 6.17 Å². The molecule has 0 saturated carbocycles. The fraction of sp³-hybridized carbons (Fsp3) is 0.217. The van der Waals surface area contributed by atoms with Crippen molar-refractivity contribution in [2.24, 2.45) is 0 Å². The zero-order valence-electron chi connectivity index (χ0n) is 15.8. The zero-order valence-corrected chi connectivity index (χ0v) is 15.8. The van der Waals surface area contributed by atoms with Crippen LogP contribution in [0.15, 0.2) is 67.1 Å². The van der Waals surface area contributed by atoms with Gasteiger partial charge in [0.05, 0.1) is 22.9 Å². The van der Waals surface area contributed by atoms with E-state index in [9.17, 15) is 4.39 Å². The van der Waals surface area contributed by atoms with E-state index >= 15 is 0 Å². The van der Waals surface area contributed by atoms with Crippen LogP contribution in [0.5, 0.6) is 5.75 Å². The standard InChI is InChI=1S/C23H21FN4O/c24-16-11-17(27-12-16)14-29-20-13-25-10-8-18(20)22-21(15-5-2-1-3-6-15)23-19(28-22)7-4-9-26-23/h1-10,13,16-17,27-28H,11-12,14H2/t16-,17-/m0/s1. The van der Waals surface area contributed by atoms with Crippen LogP contribution in [-0.4, -0.2) is 40.3 Å². The van der Waals surface area contributed by atoms with Crippen LogP contribution in [0.1, 0.15) is 6.42 Å². The van der Waals surface area contributed by atoms with Gasteiger partial charge in [0.2, 0.25) is 0 Å². The summed E-state index contributed by atoms with van der Waals surface area (Å²) in [5.74, 6) is 0.667. The molecule has 0 amide bonds. The van der Waals surface area contributed by atoms with Crippen molar-refractivity contribution in [3.63, 3.8) is 0 Å². The summed E-state index contributed by atoms with van der Waals surface area (Å²) in [6.07, 6.45) is 4.93. The number of hydrogen-bond donors (Lipinski definition) is 2. The van der Waals surface area contributed by atoms with Crippen LogP contribution < -0.4 is 10.1 Å². The molecule has 3 aromatic heterocycles. The second kappa shape index (κ2) is 7.64. The molecule has 146 valence electrons. The maximum absolute atomic E-state index is 13.5. The molecular formula is C23H21FN4O. The van der Waals surface area contributed by atoms with Crippen LogP contribution in [-0.2, 0) is 0 Å². The third-order valence-corrected chi connectivity index (χ3v) is 5.28. The number of aromatic amines is 1. The van der Waals surface area contributed by atoms with E-state index in [1.165, 1.54) is 0 Å². The van der Waals surface area contributed by atoms with E-state index in [-0.39, 0.29) is 6.04 Å². The Morgan fingerprint density at radius 3 is 2.79 bits per heavy atom. The number of nitrogens with one attached hydrogen (secondary N) is 2. The smallest absolute Gasteiger partial charge is 0.146 e. The number of alkyl halides is 1. The number of rotatable bonds is 5. The van der Waals surface area contributed by atoms with Crippen LogP contribution in [0.4, 0.5) is 4.39 Å². The highest BCUT2D eigenvalue weighted by molar-refractivity contribution is 6.02. The number of benzene rings is 1. The third kappa shape index (κ3) is 3.47. The Kier molecular flexibility index (Phi) is 4.69. The number of H-pyrrole nitrogens is 1. The topological polar surface area (TPSA) is 62.8 Å². The molecule has 2 atom stereocenters. The van der Waals surface area contributed by atoms with E-state index in [0.29, 0.717) is 25.3 Å². The summed E-state index contributed by atoms with van der Waals surface area (Å²) in [6, 6.07) is 16.1. The third-order valence-electron chi connectivity index (χ3n) is 5.28. The van der Waals surface area contributed by atoms with Crippen molar-refractivity contribution < 1.29 is 9.13 Å². The van der Waals surface area contributed by atoms with Gasteiger partial charge in [0.25, 0.3) is 0 Å². The Labute approximate surface area is 168 Å². The first-order valence-corrected chi connectivity index (χ1v) is 9.76. The molecule has 1 aliphatic rings. The highest BCUT2D eigenvalue weighted by Crippen LogP contribution is 2.40. The Morgan fingerprint density at radius 2 is 1.97 bits per heavy atom. The Bertz CT molecular complexity index is 1130. The molecule has 4 heterocycles. The molecule has 1 aliphatic heterocycles. The molecule has 1 saturated heterocycles. The van der Waals surface area contributed by atoms with Gasteiger partial charge in [-0.2, -0.15) is 0 Å². The molecule has 0 unspecified atom stereocenters. The molecule has 4 aromatic rings. The molecule has 0 bridgehead atoms. The van der Waals surface area contributed by atoms with Gasteiger partial charge in [0, 0.05) is 36.1 Å². The van der Waals surface area contributed by atoms with Gasteiger partial charge in [-0.05, 0) is 30.2 Å². The monoisotopic (exact) mass is 388 g/mol. The minimum absolute atomic E-state index is 0.0102. The predicted molar refractivity (Wildman–Crippen MR) is 112 cm³/mol. The largest absolute Gasteiger partial charge is 0.490 e. The summed E-state index contributed by atoms with van der Waals surface area (Å²) in [4.78, 5) is 12.4. The van der Waals surface area contributed by atoms with Gasteiger partial charge in [-0.25, -0.2) is 4.39 Å². The normalized spacial score (nSPS) is 18.9. The van der Waals surface area contributed by atoms with E-state index in [2.05, 4.69) is 32.4 Å². The molecule has 5 rings (SSSR count). The maximum atomic E-state index is 13.5. The lowest BCUT2D eigenvalue weighted by Crippen LogP contribution is -2.28. The van der Waals surface area contributed by atoms with Crippen LogP contribution in [0, 0.1) is 0 Å². The van der Waals surface area contributed by atoms with Crippen LogP contribution in [0.3, 0.4) is 0 Å². The molecule has 0 aliphatic carbocycles. The number of nitrogens with zero attached hydrogens (tertiary/aromatic N) is 2. The van der Waals surface area contributed by atoms with E-state index in [1.807, 2.05) is 36.4 Å². The lowest BCUT2D eigenvalue weighted by molar-refractivity contribution is 0.268. The Balaban J connectivity index is 1.58. The summed E-state index contributed by atoms with van der Waals surface area (Å²) in [5.41, 5.74) is 5.82. The summed E-state index contributed by atoms with van der Waals surface area (Å²) >= 11 is 0. The van der Waals surface area contributed by atoms with Crippen molar-refractivity contribution in [3.8, 4) is 28.1 Å². The van der Waals surface area contributed by atoms with Crippen molar-refractivity contribution in [3.05, 3.63) is 67.1 Å². The van der Waals surface area contributed by atoms with Crippen molar-refractivity contribution in [1.29, 1.82) is 0 Å². The van der Waals surface area contributed by atoms with Gasteiger partial charge in [-0.15, -0.1) is 0 Å². The first-order chi connectivity index (χ1) is 14.3. The highest BCUT2D eigenvalue weighted by atomic mass is 19.1. The number of ether oxygens (including phenoxy) is 1. The minimum atomic E-state index is -0.804. The number of fused-ring (bicyclic) bond motifs is 1. The van der Waals surface area contributed by atoms with Gasteiger partial charge in [-0.3, -0.25) is 9.97 Å². The number of hydrogen-bond acceptors (Lipinski definition) is 4. The van der Waals surface area contributed by atoms with Crippen LogP contribution in [0.25, 0.3) is 33.4 Å². The summed E-state index contributed by atoms with van der Waals surface area (Å²) in [6.45, 7) is 0.790. The quantitative estimate of drug-likeness (QED) is 0.533. The van der Waals surface area contributed by atoms with Gasteiger partial charge in [-0.1, -0.05) is 30.3 Å². The van der Waals surface area contributed by atoms with Crippen molar-refractivity contribution in [1.82, 2.24) is 20.3 Å². The maximum Gasteiger partial charge on any atom is 0.146 e. The molecular weight excluding hydrogens is 367 g/mol. The van der Waals surface area contributed by atoms with E-state index in [4.69, 9.17) is 4.74 Å². The van der Waals surface area contributed by atoms with E-state index in [1.54, 1.807) is 18.6 Å². The first-order valence-electron chi connectivity index (χ1n) is 9.76. The fourth-order valence-electron chi connectivity index (χ4n) is 3.90. The van der Waals surface area contributed by atoms with Gasteiger partial charge >= 0.3 is 0 Å². The first kappa shape index (κ1) is 17.8. The zero-order chi connectivity index (χ0) is 19.6. The van der Waals surface area contributed by atoms with Crippen molar-refractivity contribution >= 4 is 11.0 Å². The van der Waals surface area contributed by atoms with Crippen LogP contribution in [0.2, 0.25) is 0 Å². The van der Waals surface area contributed by atoms with Gasteiger partial charge in [0.1, 0.15) is 18.5 Å². The van der Waals surface area contributed by atoms with Crippen molar-refractivity contribution in [2.75, 3.05) is 13.2 Å². The molecule has 2 N–H and O–H groups in total. The Morgan fingerprint density at radius 1 is 1.07 bits per heavy atom. The molecule has 0 radical (unpaired) electrons.